The molecular formula is C21H20Cl2FN3O2. The van der Waals surface area contributed by atoms with Crippen molar-refractivity contribution < 1.29 is 14.3 Å². The predicted molar refractivity (Wildman–Crippen MR) is 112 cm³/mol. The first-order chi connectivity index (χ1) is 13.9. The van der Waals surface area contributed by atoms with E-state index in [4.69, 9.17) is 23.2 Å². The van der Waals surface area contributed by atoms with Crippen LogP contribution < -0.4 is 0 Å². The standard InChI is InChI=1S/C21H20Cl2FN3O2/c22-14-2-1-13(18(23)9-14)12-26-5-7-27(8-6-26)20(21(28)29)17-11-25-19-10-15(24)3-4-16(17)19/h1-4,9-11,20,25H,5-8,12H2,(H,28,29). The second-order valence-electron chi connectivity index (χ2n) is 7.22. The third-order valence-corrected chi connectivity index (χ3v) is 5.97. The fraction of sp³-hybridized carbons (Fsp3) is 0.286. The smallest absolute Gasteiger partial charge is 0.325 e. The number of H-pyrrole nitrogens is 1. The van der Waals surface area contributed by atoms with Crippen LogP contribution in [0.5, 0.6) is 0 Å². The van der Waals surface area contributed by atoms with Crippen molar-refractivity contribution in [1.29, 1.82) is 0 Å². The summed E-state index contributed by atoms with van der Waals surface area (Å²) in [4.78, 5) is 19.3. The van der Waals surface area contributed by atoms with E-state index in [1.807, 2.05) is 17.0 Å². The molecule has 2 aromatic carbocycles. The molecule has 0 amide bonds. The van der Waals surface area contributed by atoms with Gasteiger partial charge in [0.1, 0.15) is 11.9 Å². The molecule has 2 heterocycles. The minimum absolute atomic E-state index is 0.354. The number of carboxylic acid groups (broad SMARTS) is 1. The van der Waals surface area contributed by atoms with Gasteiger partial charge in [-0.25, -0.2) is 4.39 Å². The van der Waals surface area contributed by atoms with Crippen molar-refractivity contribution in [2.24, 2.45) is 0 Å². The first kappa shape index (κ1) is 20.2. The van der Waals surface area contributed by atoms with Gasteiger partial charge < -0.3 is 10.1 Å². The Morgan fingerprint density at radius 1 is 1.14 bits per heavy atom. The molecule has 2 N–H and O–H groups in total. The Labute approximate surface area is 177 Å². The highest BCUT2D eigenvalue weighted by molar-refractivity contribution is 6.35. The van der Waals surface area contributed by atoms with Crippen LogP contribution >= 0.6 is 23.2 Å². The van der Waals surface area contributed by atoms with Gasteiger partial charge in [-0.05, 0) is 35.9 Å². The summed E-state index contributed by atoms with van der Waals surface area (Å²) in [6.45, 7) is 3.35. The zero-order chi connectivity index (χ0) is 20.5. The highest BCUT2D eigenvalue weighted by Gasteiger charge is 2.32. The number of piperazine rings is 1. The van der Waals surface area contributed by atoms with Crippen LogP contribution in [-0.4, -0.2) is 52.0 Å². The average molecular weight is 436 g/mol. The number of carboxylic acids is 1. The van der Waals surface area contributed by atoms with Crippen LogP contribution in [0, 0.1) is 5.82 Å². The monoisotopic (exact) mass is 435 g/mol. The van der Waals surface area contributed by atoms with E-state index in [1.54, 1.807) is 18.3 Å². The summed E-state index contributed by atoms with van der Waals surface area (Å²) in [5.74, 6) is -1.27. The number of aromatic amines is 1. The Bertz CT molecular complexity index is 1050. The lowest BCUT2D eigenvalue weighted by Crippen LogP contribution is -2.48. The van der Waals surface area contributed by atoms with Crippen LogP contribution in [0.3, 0.4) is 0 Å². The van der Waals surface area contributed by atoms with E-state index in [-0.39, 0.29) is 5.82 Å². The molecule has 29 heavy (non-hydrogen) atoms. The number of carbonyl (C=O) groups is 1. The van der Waals surface area contributed by atoms with Gasteiger partial charge in [0.25, 0.3) is 0 Å². The lowest BCUT2D eigenvalue weighted by molar-refractivity contribution is -0.144. The van der Waals surface area contributed by atoms with E-state index in [1.165, 1.54) is 12.1 Å². The lowest BCUT2D eigenvalue weighted by atomic mass is 10.0. The van der Waals surface area contributed by atoms with Crippen molar-refractivity contribution in [2.45, 2.75) is 12.6 Å². The van der Waals surface area contributed by atoms with Gasteiger partial charge in [-0.2, -0.15) is 0 Å². The van der Waals surface area contributed by atoms with Gasteiger partial charge in [-0.15, -0.1) is 0 Å². The van der Waals surface area contributed by atoms with E-state index in [9.17, 15) is 14.3 Å². The van der Waals surface area contributed by atoms with Crippen LogP contribution in [0.1, 0.15) is 17.2 Å². The van der Waals surface area contributed by atoms with Crippen molar-refractivity contribution in [3.8, 4) is 0 Å². The van der Waals surface area contributed by atoms with Gasteiger partial charge in [0.2, 0.25) is 0 Å². The highest BCUT2D eigenvalue weighted by atomic mass is 35.5. The molecule has 8 heteroatoms. The maximum Gasteiger partial charge on any atom is 0.325 e. The fourth-order valence-corrected chi connectivity index (χ4v) is 4.37. The van der Waals surface area contributed by atoms with Crippen molar-refractivity contribution in [2.75, 3.05) is 26.2 Å². The number of hydrogen-bond donors (Lipinski definition) is 2. The largest absolute Gasteiger partial charge is 0.480 e. The molecule has 1 aromatic heterocycles. The molecule has 1 saturated heterocycles. The Morgan fingerprint density at radius 2 is 1.90 bits per heavy atom. The van der Waals surface area contributed by atoms with E-state index < -0.39 is 12.0 Å². The van der Waals surface area contributed by atoms with Crippen LogP contribution in [-0.2, 0) is 11.3 Å². The average Bonchev–Trinajstić information content (AvgIpc) is 3.08. The van der Waals surface area contributed by atoms with Crippen molar-refractivity contribution in [3.05, 3.63) is 69.6 Å². The number of benzene rings is 2. The second-order valence-corrected chi connectivity index (χ2v) is 8.07. The summed E-state index contributed by atoms with van der Waals surface area (Å²) in [6.07, 6.45) is 1.67. The number of fused-ring (bicyclic) bond motifs is 1. The molecule has 0 aliphatic carbocycles. The molecule has 1 aliphatic rings. The number of nitrogens with zero attached hydrogens (tertiary/aromatic N) is 2. The zero-order valence-corrected chi connectivity index (χ0v) is 17.0. The number of hydrogen-bond acceptors (Lipinski definition) is 3. The highest BCUT2D eigenvalue weighted by Crippen LogP contribution is 2.30. The molecule has 1 unspecified atom stereocenters. The van der Waals surface area contributed by atoms with Crippen LogP contribution in [0.2, 0.25) is 10.0 Å². The summed E-state index contributed by atoms with van der Waals surface area (Å²) in [6, 6.07) is 9.05. The first-order valence-electron chi connectivity index (χ1n) is 9.32. The number of aliphatic carboxylic acids is 1. The number of rotatable bonds is 5. The molecule has 0 spiro atoms. The van der Waals surface area contributed by atoms with Crippen LogP contribution in [0.15, 0.2) is 42.6 Å². The topological polar surface area (TPSA) is 59.6 Å². The van der Waals surface area contributed by atoms with E-state index >= 15 is 0 Å². The predicted octanol–water partition coefficient (Wildman–Crippen LogP) is 4.56. The third-order valence-electron chi connectivity index (χ3n) is 5.39. The maximum atomic E-state index is 13.5. The lowest BCUT2D eigenvalue weighted by Gasteiger charge is -2.37. The van der Waals surface area contributed by atoms with Gasteiger partial charge >= 0.3 is 5.97 Å². The molecule has 1 aliphatic heterocycles. The molecule has 1 atom stereocenters. The quantitative estimate of drug-likeness (QED) is 0.616. The van der Waals surface area contributed by atoms with Crippen molar-refractivity contribution >= 4 is 40.1 Å². The van der Waals surface area contributed by atoms with Crippen LogP contribution in [0.4, 0.5) is 4.39 Å². The number of nitrogens with one attached hydrogen (secondary N) is 1. The minimum atomic E-state index is -0.913. The van der Waals surface area contributed by atoms with E-state index in [0.717, 1.165) is 24.0 Å². The Hall–Kier alpha value is -2.12. The molecule has 5 nitrogen and oxygen atoms in total. The molecule has 0 saturated carbocycles. The Balaban J connectivity index is 1.48. The Kier molecular flexibility index (Phi) is 5.79. The second kappa shape index (κ2) is 8.32. The normalized spacial score (nSPS) is 16.9. The number of aromatic nitrogens is 1. The van der Waals surface area contributed by atoms with Gasteiger partial charge in [-0.1, -0.05) is 29.3 Å². The van der Waals surface area contributed by atoms with Crippen molar-refractivity contribution in [3.63, 3.8) is 0 Å². The molecular weight excluding hydrogens is 416 g/mol. The minimum Gasteiger partial charge on any atom is -0.480 e. The summed E-state index contributed by atoms with van der Waals surface area (Å²) in [7, 11) is 0. The van der Waals surface area contributed by atoms with Gasteiger partial charge in [0.15, 0.2) is 0 Å². The van der Waals surface area contributed by atoms with Gasteiger partial charge in [0, 0.05) is 65.4 Å². The fourth-order valence-electron chi connectivity index (χ4n) is 3.90. The van der Waals surface area contributed by atoms with Crippen molar-refractivity contribution in [1.82, 2.24) is 14.8 Å². The molecule has 1 fully saturated rings. The van der Waals surface area contributed by atoms with E-state index in [0.29, 0.717) is 40.8 Å². The Morgan fingerprint density at radius 3 is 2.59 bits per heavy atom. The number of halogens is 3. The summed E-state index contributed by atoms with van der Waals surface area (Å²) < 4.78 is 13.5. The van der Waals surface area contributed by atoms with E-state index in [2.05, 4.69) is 9.88 Å². The molecule has 0 bridgehead atoms. The zero-order valence-electron chi connectivity index (χ0n) is 15.5. The summed E-state index contributed by atoms with van der Waals surface area (Å²) in [5, 5.41) is 11.9. The van der Waals surface area contributed by atoms with Gasteiger partial charge in [-0.3, -0.25) is 14.6 Å². The van der Waals surface area contributed by atoms with Gasteiger partial charge in [0.05, 0.1) is 0 Å². The molecule has 152 valence electrons. The SMILES string of the molecule is O=C(O)C(c1c[nH]c2cc(F)ccc12)N1CCN(Cc2ccc(Cl)cc2Cl)CC1. The third kappa shape index (κ3) is 4.26. The molecule has 0 radical (unpaired) electrons. The maximum absolute atomic E-state index is 13.5. The summed E-state index contributed by atoms with van der Waals surface area (Å²) >= 11 is 12.2. The first-order valence-corrected chi connectivity index (χ1v) is 10.1. The summed E-state index contributed by atoms with van der Waals surface area (Å²) in [5.41, 5.74) is 2.25. The molecule has 4 rings (SSSR count). The molecule has 3 aromatic rings. The van der Waals surface area contributed by atoms with Crippen LogP contribution in [0.25, 0.3) is 10.9 Å².